The molecule has 1 N–H and O–H groups in total. The molecule has 3 heterocycles. The summed E-state index contributed by atoms with van der Waals surface area (Å²) in [5.41, 5.74) is -0.211. The van der Waals surface area contributed by atoms with Crippen LogP contribution in [0, 0.1) is 18.3 Å². The van der Waals surface area contributed by atoms with Crippen LogP contribution < -0.4 is 16.7 Å². The summed E-state index contributed by atoms with van der Waals surface area (Å²) in [4.78, 5) is 35.0. The third-order valence-electron chi connectivity index (χ3n) is 5.98. The van der Waals surface area contributed by atoms with Crippen LogP contribution >= 0.6 is 11.6 Å². The number of fused-ring (bicyclic) bond motifs is 1. The maximum atomic E-state index is 13.9. The molecule has 0 atom stereocenters. The van der Waals surface area contributed by atoms with Crippen LogP contribution in [0.4, 0.5) is 20.4 Å². The Morgan fingerprint density at radius 1 is 1.15 bits per heavy atom. The number of halogens is 3. The van der Waals surface area contributed by atoms with Gasteiger partial charge in [0.15, 0.2) is 0 Å². The van der Waals surface area contributed by atoms with E-state index in [9.17, 15) is 23.6 Å². The van der Waals surface area contributed by atoms with Crippen molar-refractivity contribution in [2.45, 2.75) is 19.9 Å². The predicted octanol–water partition coefficient (Wildman–Crippen LogP) is 4.24. The second-order valence-electron chi connectivity index (χ2n) is 8.79. The van der Waals surface area contributed by atoms with E-state index in [1.807, 2.05) is 6.07 Å². The average molecular weight is 549 g/mol. The Hall–Kier alpha value is -4.89. The lowest BCUT2D eigenvalue weighted by molar-refractivity contribution is 0.150. The number of hydrogen-bond acceptors (Lipinski definition) is 7. The highest BCUT2D eigenvalue weighted by atomic mass is 35.5. The number of aromatic nitrogens is 6. The number of nitrogens with one attached hydrogen (secondary N) is 1. The third kappa shape index (κ3) is 4.99. The fraction of sp³-hybridized carbons (Fsp3) is 0.154. The Labute approximate surface area is 224 Å². The molecule has 0 saturated carbocycles. The van der Waals surface area contributed by atoms with E-state index in [2.05, 4.69) is 20.4 Å². The second-order valence-corrected chi connectivity index (χ2v) is 9.19. The first-order valence-electron chi connectivity index (χ1n) is 11.5. The number of rotatable bonds is 6. The van der Waals surface area contributed by atoms with Crippen LogP contribution in [0.3, 0.4) is 0 Å². The lowest BCUT2D eigenvalue weighted by Gasteiger charge is -2.18. The van der Waals surface area contributed by atoms with Crippen molar-refractivity contribution in [3.8, 4) is 11.8 Å². The zero-order chi connectivity index (χ0) is 27.8. The van der Waals surface area contributed by atoms with Crippen LogP contribution in [0.2, 0.25) is 5.02 Å². The van der Waals surface area contributed by atoms with Gasteiger partial charge in [-0.2, -0.15) is 15.3 Å². The average Bonchev–Trinajstić information content (AvgIpc) is 3.24. The zero-order valence-electron chi connectivity index (χ0n) is 20.6. The standard InChI is InChI=1S/C26H19ClF2N8O2/c1-14-5-18(11-31-10-14)37-25(38)33-24(32-22-7-17-12-35(2)34-21(17)8-20(22)27)36(26(37)39)13-16-6-15(9-30)3-4-19(16)23(28)29/h3-8,10-12,23H,13H2,1-2H3,(H,32,33,38). The molecule has 0 spiro atoms. The van der Waals surface area contributed by atoms with Crippen LogP contribution in [0.5, 0.6) is 0 Å². The molecule has 0 aliphatic heterocycles. The van der Waals surface area contributed by atoms with E-state index in [4.69, 9.17) is 11.6 Å². The number of nitrogens with zero attached hydrogens (tertiary/aromatic N) is 7. The summed E-state index contributed by atoms with van der Waals surface area (Å²) in [7, 11) is 1.75. The van der Waals surface area contributed by atoms with Crippen LogP contribution in [0.25, 0.3) is 16.6 Å². The van der Waals surface area contributed by atoms with E-state index in [0.29, 0.717) is 16.8 Å². The summed E-state index contributed by atoms with van der Waals surface area (Å²) < 4.78 is 31.2. The molecule has 5 rings (SSSR count). The maximum absolute atomic E-state index is 13.9. The number of hydrogen-bond donors (Lipinski definition) is 1. The molecule has 5 aromatic rings. The van der Waals surface area contributed by atoms with Gasteiger partial charge in [0.25, 0.3) is 6.43 Å². The highest BCUT2D eigenvalue weighted by Gasteiger charge is 2.20. The lowest BCUT2D eigenvalue weighted by atomic mass is 10.0. The van der Waals surface area contributed by atoms with Gasteiger partial charge in [0.1, 0.15) is 0 Å². The molecule has 3 aromatic heterocycles. The van der Waals surface area contributed by atoms with E-state index in [1.165, 1.54) is 18.3 Å². The summed E-state index contributed by atoms with van der Waals surface area (Å²) in [5, 5.41) is 17.5. The fourth-order valence-corrected chi connectivity index (χ4v) is 4.40. The molecule has 0 bridgehead atoms. The molecule has 0 saturated heterocycles. The van der Waals surface area contributed by atoms with E-state index >= 15 is 0 Å². The third-order valence-corrected chi connectivity index (χ3v) is 6.29. The quantitative estimate of drug-likeness (QED) is 0.336. The smallest absolute Gasteiger partial charge is 0.324 e. The molecule has 39 heavy (non-hydrogen) atoms. The monoisotopic (exact) mass is 548 g/mol. The SMILES string of the molecule is Cc1cncc(-n2c(=O)nc(Nc3cc4cn(C)nc4cc3Cl)n(Cc3cc(C#N)ccc3C(F)F)c2=O)c1. The van der Waals surface area contributed by atoms with E-state index in [1.54, 1.807) is 49.2 Å². The topological polar surface area (TPSA) is 123 Å². The normalized spacial score (nSPS) is 11.2. The minimum atomic E-state index is -2.87. The van der Waals surface area contributed by atoms with Crippen LogP contribution in [-0.4, -0.2) is 28.9 Å². The number of aryl methyl sites for hydroxylation is 2. The summed E-state index contributed by atoms with van der Waals surface area (Å²) in [5.74, 6) is -0.227. The van der Waals surface area contributed by atoms with Gasteiger partial charge in [-0.1, -0.05) is 17.7 Å². The fourth-order valence-electron chi connectivity index (χ4n) is 4.20. The van der Waals surface area contributed by atoms with Crippen molar-refractivity contribution < 1.29 is 8.78 Å². The van der Waals surface area contributed by atoms with Crippen molar-refractivity contribution in [3.05, 3.63) is 103 Å². The summed E-state index contributed by atoms with van der Waals surface area (Å²) in [6, 6.07) is 10.4. The van der Waals surface area contributed by atoms with E-state index in [0.717, 1.165) is 20.6 Å². The highest BCUT2D eigenvalue weighted by molar-refractivity contribution is 6.34. The molecule has 196 valence electrons. The number of alkyl halides is 2. The lowest BCUT2D eigenvalue weighted by Crippen LogP contribution is -2.42. The molecule has 0 radical (unpaired) electrons. The van der Waals surface area contributed by atoms with Gasteiger partial charge < -0.3 is 5.32 Å². The number of pyridine rings is 1. The van der Waals surface area contributed by atoms with Gasteiger partial charge >= 0.3 is 11.4 Å². The van der Waals surface area contributed by atoms with Gasteiger partial charge in [-0.3, -0.25) is 14.2 Å². The van der Waals surface area contributed by atoms with Gasteiger partial charge in [0, 0.05) is 30.4 Å². The summed E-state index contributed by atoms with van der Waals surface area (Å²) >= 11 is 6.45. The first-order chi connectivity index (χ1) is 18.6. The molecule has 2 aromatic carbocycles. The maximum Gasteiger partial charge on any atom is 0.359 e. The van der Waals surface area contributed by atoms with Gasteiger partial charge in [-0.15, -0.1) is 0 Å². The zero-order valence-corrected chi connectivity index (χ0v) is 21.3. The van der Waals surface area contributed by atoms with Crippen molar-refractivity contribution >= 4 is 34.1 Å². The minimum absolute atomic E-state index is 0.0115. The van der Waals surface area contributed by atoms with Crippen molar-refractivity contribution in [2.75, 3.05) is 5.32 Å². The molecule has 0 aliphatic carbocycles. The van der Waals surface area contributed by atoms with Gasteiger partial charge in [-0.25, -0.2) is 22.9 Å². The Morgan fingerprint density at radius 2 is 1.95 bits per heavy atom. The van der Waals surface area contributed by atoms with Crippen molar-refractivity contribution in [1.29, 1.82) is 5.26 Å². The molecular formula is C26H19ClF2N8O2. The van der Waals surface area contributed by atoms with Gasteiger partial charge in [0.2, 0.25) is 5.95 Å². The van der Waals surface area contributed by atoms with Crippen LogP contribution in [0.1, 0.15) is 28.7 Å². The first kappa shape index (κ1) is 25.7. The first-order valence-corrected chi connectivity index (χ1v) is 11.9. The molecule has 0 aliphatic rings. The van der Waals surface area contributed by atoms with Crippen molar-refractivity contribution in [1.82, 2.24) is 28.9 Å². The van der Waals surface area contributed by atoms with Gasteiger partial charge in [0.05, 0.1) is 46.3 Å². The molecule has 0 amide bonds. The molecule has 0 unspecified atom stereocenters. The Balaban J connectivity index is 1.72. The Bertz CT molecular complexity index is 1910. The largest absolute Gasteiger partial charge is 0.359 e. The molecule has 13 heteroatoms. The number of nitriles is 1. The summed E-state index contributed by atoms with van der Waals surface area (Å²) in [6.07, 6.45) is 1.75. The second kappa shape index (κ2) is 10.1. The van der Waals surface area contributed by atoms with Crippen LogP contribution in [0.15, 0.2) is 64.6 Å². The minimum Gasteiger partial charge on any atom is -0.324 e. The molecule has 10 nitrogen and oxygen atoms in total. The van der Waals surface area contributed by atoms with E-state index in [-0.39, 0.29) is 33.3 Å². The highest BCUT2D eigenvalue weighted by Crippen LogP contribution is 2.30. The van der Waals surface area contributed by atoms with Crippen molar-refractivity contribution in [3.63, 3.8) is 0 Å². The van der Waals surface area contributed by atoms with Crippen LogP contribution in [-0.2, 0) is 13.6 Å². The molecular weight excluding hydrogens is 530 g/mol. The molecule has 0 fully saturated rings. The number of anilines is 2. The summed E-state index contributed by atoms with van der Waals surface area (Å²) in [6.45, 7) is 1.32. The Kier molecular flexibility index (Phi) is 6.67. The predicted molar refractivity (Wildman–Crippen MR) is 141 cm³/mol. The Morgan fingerprint density at radius 3 is 2.67 bits per heavy atom. The number of benzene rings is 2. The van der Waals surface area contributed by atoms with Gasteiger partial charge in [-0.05, 0) is 48.4 Å². The van der Waals surface area contributed by atoms with E-state index < -0.39 is 24.3 Å². The van der Waals surface area contributed by atoms with Crippen molar-refractivity contribution in [2.24, 2.45) is 7.05 Å².